The van der Waals surface area contributed by atoms with Crippen LogP contribution in [0, 0.1) is 3.57 Å². The van der Waals surface area contributed by atoms with E-state index in [1.54, 1.807) is 0 Å². The molecule has 0 amide bonds. The predicted octanol–water partition coefficient (Wildman–Crippen LogP) is 4.44. The Hall–Kier alpha value is -0.560. The van der Waals surface area contributed by atoms with E-state index in [0.717, 1.165) is 22.4 Å². The fourth-order valence-electron chi connectivity index (χ4n) is 1.56. The standard InChI is InChI=1S/C13H15BrIN3/c1-9(2)18-6-5-11(17-18)8-16-10-3-4-13(15)12(14)7-10/h3-7,9,16H,8H2,1-2H3. The maximum Gasteiger partial charge on any atom is 0.0815 e. The molecule has 0 unspecified atom stereocenters. The van der Waals surface area contributed by atoms with Crippen LogP contribution in [0.5, 0.6) is 0 Å². The van der Waals surface area contributed by atoms with E-state index in [-0.39, 0.29) is 0 Å². The van der Waals surface area contributed by atoms with Gasteiger partial charge < -0.3 is 5.32 Å². The highest BCUT2D eigenvalue weighted by Crippen LogP contribution is 2.23. The molecule has 1 aromatic heterocycles. The van der Waals surface area contributed by atoms with E-state index < -0.39 is 0 Å². The molecule has 0 bridgehead atoms. The lowest BCUT2D eigenvalue weighted by atomic mass is 10.3. The Kier molecular flexibility index (Phi) is 4.66. The Morgan fingerprint density at radius 3 is 2.78 bits per heavy atom. The molecule has 2 rings (SSSR count). The summed E-state index contributed by atoms with van der Waals surface area (Å²) in [5.74, 6) is 0. The SMILES string of the molecule is CC(C)n1ccc(CNc2ccc(I)c(Br)c2)n1. The number of aromatic nitrogens is 2. The van der Waals surface area contributed by atoms with Gasteiger partial charge in [-0.3, -0.25) is 4.68 Å². The molecule has 0 saturated carbocycles. The van der Waals surface area contributed by atoms with Crippen molar-refractivity contribution in [3.8, 4) is 0 Å². The molecule has 0 spiro atoms. The molecule has 2 aromatic rings. The van der Waals surface area contributed by atoms with Gasteiger partial charge in [0.05, 0.1) is 12.2 Å². The molecule has 1 heterocycles. The van der Waals surface area contributed by atoms with Crippen molar-refractivity contribution in [2.75, 3.05) is 5.32 Å². The zero-order valence-electron chi connectivity index (χ0n) is 10.3. The van der Waals surface area contributed by atoms with E-state index in [4.69, 9.17) is 0 Å². The average Bonchev–Trinajstić information content (AvgIpc) is 2.79. The highest BCUT2D eigenvalue weighted by atomic mass is 127. The molecule has 18 heavy (non-hydrogen) atoms. The molecule has 0 aliphatic heterocycles. The van der Waals surface area contributed by atoms with Crippen LogP contribution in [0.3, 0.4) is 0 Å². The van der Waals surface area contributed by atoms with E-state index in [1.807, 2.05) is 10.9 Å². The van der Waals surface area contributed by atoms with Gasteiger partial charge in [-0.05, 0) is 76.6 Å². The largest absolute Gasteiger partial charge is 0.379 e. The number of nitrogens with zero attached hydrogens (tertiary/aromatic N) is 2. The highest BCUT2D eigenvalue weighted by Gasteiger charge is 2.03. The molecule has 1 aromatic carbocycles. The van der Waals surface area contributed by atoms with Gasteiger partial charge in [0.1, 0.15) is 0 Å². The Balaban J connectivity index is 2.00. The summed E-state index contributed by atoms with van der Waals surface area (Å²) in [5, 5.41) is 7.88. The minimum absolute atomic E-state index is 0.409. The van der Waals surface area contributed by atoms with E-state index in [1.165, 1.54) is 3.57 Å². The molecule has 1 N–H and O–H groups in total. The van der Waals surface area contributed by atoms with Crippen LogP contribution in [0.25, 0.3) is 0 Å². The van der Waals surface area contributed by atoms with Gasteiger partial charge in [-0.2, -0.15) is 5.10 Å². The average molecular weight is 420 g/mol. The summed E-state index contributed by atoms with van der Waals surface area (Å²) >= 11 is 5.83. The summed E-state index contributed by atoms with van der Waals surface area (Å²) in [7, 11) is 0. The topological polar surface area (TPSA) is 29.9 Å². The molecular formula is C13H15BrIN3. The van der Waals surface area contributed by atoms with Gasteiger partial charge in [0, 0.05) is 26.0 Å². The van der Waals surface area contributed by atoms with Gasteiger partial charge in [-0.1, -0.05) is 0 Å². The smallest absolute Gasteiger partial charge is 0.0815 e. The molecule has 0 radical (unpaired) electrons. The van der Waals surface area contributed by atoms with Crippen molar-refractivity contribution in [2.45, 2.75) is 26.4 Å². The van der Waals surface area contributed by atoms with Crippen molar-refractivity contribution in [3.05, 3.63) is 44.2 Å². The van der Waals surface area contributed by atoms with Crippen molar-refractivity contribution < 1.29 is 0 Å². The first-order valence-corrected chi connectivity index (χ1v) is 7.66. The zero-order valence-corrected chi connectivity index (χ0v) is 14.1. The van der Waals surface area contributed by atoms with Crippen molar-refractivity contribution in [1.82, 2.24) is 9.78 Å². The Morgan fingerprint density at radius 2 is 2.17 bits per heavy atom. The predicted molar refractivity (Wildman–Crippen MR) is 86.8 cm³/mol. The molecule has 0 aliphatic rings. The second-order valence-corrected chi connectivity index (χ2v) is 6.38. The minimum Gasteiger partial charge on any atom is -0.379 e. The summed E-state index contributed by atoms with van der Waals surface area (Å²) in [5.41, 5.74) is 2.15. The van der Waals surface area contributed by atoms with E-state index in [0.29, 0.717) is 6.04 Å². The van der Waals surface area contributed by atoms with Gasteiger partial charge in [-0.15, -0.1) is 0 Å². The molecule has 3 nitrogen and oxygen atoms in total. The summed E-state index contributed by atoms with van der Waals surface area (Å²) in [6.45, 7) is 4.99. The summed E-state index contributed by atoms with van der Waals surface area (Å²) in [6.07, 6.45) is 2.02. The lowest BCUT2D eigenvalue weighted by molar-refractivity contribution is 0.527. The van der Waals surface area contributed by atoms with Crippen LogP contribution < -0.4 is 5.32 Å². The van der Waals surface area contributed by atoms with E-state index in [9.17, 15) is 0 Å². The number of hydrogen-bond acceptors (Lipinski definition) is 2. The van der Waals surface area contributed by atoms with Crippen LogP contribution in [0.4, 0.5) is 5.69 Å². The van der Waals surface area contributed by atoms with Crippen molar-refractivity contribution in [2.24, 2.45) is 0 Å². The van der Waals surface area contributed by atoms with Crippen LogP contribution >= 0.6 is 38.5 Å². The van der Waals surface area contributed by atoms with Gasteiger partial charge in [0.2, 0.25) is 0 Å². The molecule has 0 saturated heterocycles. The first kappa shape index (κ1) is 13.9. The van der Waals surface area contributed by atoms with Gasteiger partial charge in [0.25, 0.3) is 0 Å². The number of rotatable bonds is 4. The van der Waals surface area contributed by atoms with Crippen LogP contribution in [0.1, 0.15) is 25.6 Å². The Morgan fingerprint density at radius 1 is 1.39 bits per heavy atom. The van der Waals surface area contributed by atoms with Crippen LogP contribution in [0.15, 0.2) is 34.9 Å². The third-order valence-corrected chi connectivity index (χ3v) is 4.92. The van der Waals surface area contributed by atoms with Crippen molar-refractivity contribution in [1.29, 1.82) is 0 Å². The number of hydrogen-bond donors (Lipinski definition) is 1. The third-order valence-electron chi connectivity index (χ3n) is 2.59. The van der Waals surface area contributed by atoms with Gasteiger partial charge >= 0.3 is 0 Å². The summed E-state index contributed by atoms with van der Waals surface area (Å²) in [4.78, 5) is 0. The monoisotopic (exact) mass is 419 g/mol. The molecular weight excluding hydrogens is 405 g/mol. The molecule has 96 valence electrons. The lowest BCUT2D eigenvalue weighted by Gasteiger charge is -2.07. The second-order valence-electron chi connectivity index (χ2n) is 4.36. The lowest BCUT2D eigenvalue weighted by Crippen LogP contribution is -2.04. The van der Waals surface area contributed by atoms with Crippen molar-refractivity contribution >= 4 is 44.2 Å². The third kappa shape index (κ3) is 3.47. The number of nitrogens with one attached hydrogen (secondary N) is 1. The van der Waals surface area contributed by atoms with Crippen LogP contribution in [0.2, 0.25) is 0 Å². The molecule has 5 heteroatoms. The quantitative estimate of drug-likeness (QED) is 0.742. The maximum atomic E-state index is 4.51. The van der Waals surface area contributed by atoms with Crippen LogP contribution in [-0.2, 0) is 6.54 Å². The highest BCUT2D eigenvalue weighted by molar-refractivity contribution is 14.1. The van der Waals surface area contributed by atoms with Crippen LogP contribution in [-0.4, -0.2) is 9.78 Å². The fourth-order valence-corrected chi connectivity index (χ4v) is 2.27. The number of benzene rings is 1. The van der Waals surface area contributed by atoms with E-state index >= 15 is 0 Å². The Bertz CT molecular complexity index is 537. The van der Waals surface area contributed by atoms with Gasteiger partial charge in [0.15, 0.2) is 0 Å². The second kappa shape index (κ2) is 6.06. The van der Waals surface area contributed by atoms with Crippen molar-refractivity contribution in [3.63, 3.8) is 0 Å². The molecule has 0 aliphatic carbocycles. The Labute approximate surface area is 129 Å². The minimum atomic E-state index is 0.409. The zero-order chi connectivity index (χ0) is 13.1. The fraction of sp³-hybridized carbons (Fsp3) is 0.308. The summed E-state index contributed by atoms with van der Waals surface area (Å²) < 4.78 is 4.30. The molecule has 0 atom stereocenters. The van der Waals surface area contributed by atoms with Gasteiger partial charge in [-0.25, -0.2) is 0 Å². The van der Waals surface area contributed by atoms with E-state index in [2.05, 4.69) is 87.0 Å². The molecule has 0 fully saturated rings. The normalized spacial score (nSPS) is 10.9. The first-order valence-electron chi connectivity index (χ1n) is 5.79. The number of halogens is 2. The number of anilines is 1. The first-order chi connectivity index (χ1) is 8.56. The summed E-state index contributed by atoms with van der Waals surface area (Å²) in [6, 6.07) is 8.70. The maximum absolute atomic E-state index is 4.51.